The highest BCUT2D eigenvalue weighted by molar-refractivity contribution is 5.89. The molecule has 2 atom stereocenters. The van der Waals surface area contributed by atoms with Gasteiger partial charge in [-0.05, 0) is 30.9 Å². The second-order valence-corrected chi connectivity index (χ2v) is 5.01. The van der Waals surface area contributed by atoms with E-state index < -0.39 is 11.9 Å². The molecule has 100 valence electrons. The van der Waals surface area contributed by atoms with E-state index in [1.165, 1.54) is 0 Å². The van der Waals surface area contributed by atoms with Crippen LogP contribution in [0.5, 0.6) is 0 Å². The van der Waals surface area contributed by atoms with Crippen LogP contribution >= 0.6 is 0 Å². The first-order chi connectivity index (χ1) is 9.27. The summed E-state index contributed by atoms with van der Waals surface area (Å²) in [6, 6.07) is 7.79. The average molecular weight is 259 g/mol. The number of aromatic amines is 1. The number of hydrogen-bond acceptors (Lipinski definition) is 2. The molecule has 1 aliphatic rings. The Morgan fingerprint density at radius 2 is 2.21 bits per heavy atom. The zero-order valence-electron chi connectivity index (χ0n) is 10.6. The lowest BCUT2D eigenvalue weighted by Gasteiger charge is -2.27. The highest BCUT2D eigenvalue weighted by Gasteiger charge is 2.33. The third kappa shape index (κ3) is 2.24. The molecule has 2 unspecified atom stereocenters. The zero-order valence-corrected chi connectivity index (χ0v) is 10.6. The van der Waals surface area contributed by atoms with E-state index >= 15 is 0 Å². The minimum atomic E-state index is -0.809. The number of aliphatic carboxylic acids is 1. The van der Waals surface area contributed by atoms with Crippen molar-refractivity contribution < 1.29 is 14.6 Å². The molecule has 0 bridgehead atoms. The maximum absolute atomic E-state index is 11.6. The van der Waals surface area contributed by atoms with Gasteiger partial charge in [-0.3, -0.25) is 4.79 Å². The van der Waals surface area contributed by atoms with E-state index in [1.807, 2.05) is 24.3 Å². The van der Waals surface area contributed by atoms with E-state index in [4.69, 9.17) is 4.74 Å². The highest BCUT2D eigenvalue weighted by atomic mass is 16.5. The van der Waals surface area contributed by atoms with Crippen LogP contribution in [0, 0.1) is 0 Å². The first-order valence-corrected chi connectivity index (χ1v) is 6.68. The lowest BCUT2D eigenvalue weighted by molar-refractivity contribution is -0.144. The molecule has 3 rings (SSSR count). The van der Waals surface area contributed by atoms with Gasteiger partial charge in [-0.15, -0.1) is 0 Å². The van der Waals surface area contributed by atoms with E-state index in [9.17, 15) is 9.90 Å². The molecule has 0 amide bonds. The number of carbonyl (C=O) groups is 1. The van der Waals surface area contributed by atoms with Gasteiger partial charge >= 0.3 is 5.97 Å². The second kappa shape index (κ2) is 5.05. The van der Waals surface area contributed by atoms with E-state index in [0.29, 0.717) is 6.61 Å². The van der Waals surface area contributed by atoms with Gasteiger partial charge in [0.05, 0.1) is 6.10 Å². The topological polar surface area (TPSA) is 62.3 Å². The number of H-pyrrole nitrogens is 1. The van der Waals surface area contributed by atoms with Crippen molar-refractivity contribution in [3.63, 3.8) is 0 Å². The normalized spacial score (nSPS) is 21.4. The van der Waals surface area contributed by atoms with E-state index in [2.05, 4.69) is 4.98 Å². The maximum atomic E-state index is 11.6. The molecule has 2 N–H and O–H groups in total. The van der Waals surface area contributed by atoms with Crippen molar-refractivity contribution in [2.24, 2.45) is 0 Å². The van der Waals surface area contributed by atoms with Crippen molar-refractivity contribution in [1.82, 2.24) is 4.98 Å². The minimum Gasteiger partial charge on any atom is -0.481 e. The van der Waals surface area contributed by atoms with Crippen LogP contribution < -0.4 is 0 Å². The molecule has 0 radical (unpaired) electrons. The van der Waals surface area contributed by atoms with Crippen LogP contribution in [0.2, 0.25) is 0 Å². The number of carboxylic acids is 1. The van der Waals surface area contributed by atoms with Crippen LogP contribution in [-0.2, 0) is 9.53 Å². The number of rotatable bonds is 3. The Bertz CT molecular complexity index is 584. The summed E-state index contributed by atoms with van der Waals surface area (Å²) >= 11 is 0. The van der Waals surface area contributed by atoms with Gasteiger partial charge in [0.15, 0.2) is 0 Å². The van der Waals surface area contributed by atoms with E-state index in [-0.39, 0.29) is 6.10 Å². The third-order valence-electron chi connectivity index (χ3n) is 3.81. The Kier molecular flexibility index (Phi) is 3.25. The molecule has 2 aromatic rings. The lowest BCUT2D eigenvalue weighted by atomic mass is 9.89. The van der Waals surface area contributed by atoms with Gasteiger partial charge in [0.1, 0.15) is 5.92 Å². The zero-order chi connectivity index (χ0) is 13.2. The molecule has 0 aliphatic carbocycles. The number of nitrogens with one attached hydrogen (secondary N) is 1. The van der Waals surface area contributed by atoms with Crippen LogP contribution in [-0.4, -0.2) is 28.8 Å². The second-order valence-electron chi connectivity index (χ2n) is 5.01. The Hall–Kier alpha value is -1.81. The summed E-state index contributed by atoms with van der Waals surface area (Å²) in [5, 5.41) is 10.5. The summed E-state index contributed by atoms with van der Waals surface area (Å²) in [6.45, 7) is 0.663. The molecule has 1 aromatic heterocycles. The monoisotopic (exact) mass is 259 g/mol. The first kappa shape index (κ1) is 12.2. The van der Waals surface area contributed by atoms with Gasteiger partial charge in [0.2, 0.25) is 0 Å². The molecule has 1 aromatic carbocycles. The van der Waals surface area contributed by atoms with Gasteiger partial charge in [0, 0.05) is 23.7 Å². The van der Waals surface area contributed by atoms with Crippen molar-refractivity contribution in [2.45, 2.75) is 31.3 Å². The number of para-hydroxylation sites is 1. The number of ether oxygens (including phenoxy) is 1. The van der Waals surface area contributed by atoms with Gasteiger partial charge in [-0.25, -0.2) is 0 Å². The maximum Gasteiger partial charge on any atom is 0.313 e. The molecule has 2 heterocycles. The van der Waals surface area contributed by atoms with Crippen LogP contribution in [0.25, 0.3) is 10.9 Å². The number of aromatic nitrogens is 1. The summed E-state index contributed by atoms with van der Waals surface area (Å²) in [4.78, 5) is 14.8. The Morgan fingerprint density at radius 3 is 2.95 bits per heavy atom. The molecule has 4 heteroatoms. The molecule has 0 saturated carbocycles. The van der Waals surface area contributed by atoms with Crippen molar-refractivity contribution >= 4 is 16.9 Å². The molecule has 1 saturated heterocycles. The smallest absolute Gasteiger partial charge is 0.313 e. The van der Waals surface area contributed by atoms with Crippen LogP contribution in [0.15, 0.2) is 30.5 Å². The fraction of sp³-hybridized carbons (Fsp3) is 0.400. The van der Waals surface area contributed by atoms with Gasteiger partial charge in [-0.2, -0.15) is 0 Å². The summed E-state index contributed by atoms with van der Waals surface area (Å²) in [5.74, 6) is -1.40. The standard InChI is InChI=1S/C15H17NO3/c17-15(18)14(13-7-3-4-8-19-13)11-9-16-12-6-2-1-5-10(11)12/h1-2,5-6,9,13-14,16H,3-4,7-8H2,(H,17,18). The molecule has 0 spiro atoms. The van der Waals surface area contributed by atoms with Crippen LogP contribution in [0.3, 0.4) is 0 Å². The van der Waals surface area contributed by atoms with Crippen molar-refractivity contribution in [3.05, 3.63) is 36.0 Å². The molecule has 4 nitrogen and oxygen atoms in total. The largest absolute Gasteiger partial charge is 0.481 e. The molecular weight excluding hydrogens is 242 g/mol. The Balaban J connectivity index is 2.01. The highest BCUT2D eigenvalue weighted by Crippen LogP contribution is 2.33. The number of hydrogen-bond donors (Lipinski definition) is 2. The van der Waals surface area contributed by atoms with Crippen LogP contribution in [0.4, 0.5) is 0 Å². The summed E-state index contributed by atoms with van der Waals surface area (Å²) in [5.41, 5.74) is 1.80. The predicted octanol–water partition coefficient (Wildman–Crippen LogP) is 2.91. The van der Waals surface area contributed by atoms with Gasteiger partial charge in [0.25, 0.3) is 0 Å². The van der Waals surface area contributed by atoms with Gasteiger partial charge < -0.3 is 14.8 Å². The van der Waals surface area contributed by atoms with Crippen molar-refractivity contribution in [2.75, 3.05) is 6.61 Å². The summed E-state index contributed by atoms with van der Waals surface area (Å²) in [7, 11) is 0. The summed E-state index contributed by atoms with van der Waals surface area (Å²) < 4.78 is 5.68. The van der Waals surface area contributed by atoms with Crippen LogP contribution in [0.1, 0.15) is 30.7 Å². The molecule has 1 aliphatic heterocycles. The fourth-order valence-electron chi connectivity index (χ4n) is 2.87. The van der Waals surface area contributed by atoms with E-state index in [1.54, 1.807) is 6.20 Å². The predicted molar refractivity (Wildman–Crippen MR) is 72.3 cm³/mol. The average Bonchev–Trinajstić information content (AvgIpc) is 2.84. The van der Waals surface area contributed by atoms with Crippen molar-refractivity contribution in [1.29, 1.82) is 0 Å². The van der Waals surface area contributed by atoms with Crippen molar-refractivity contribution in [3.8, 4) is 0 Å². The number of fused-ring (bicyclic) bond motifs is 1. The summed E-state index contributed by atoms with van der Waals surface area (Å²) in [6.07, 6.45) is 4.47. The quantitative estimate of drug-likeness (QED) is 0.890. The minimum absolute atomic E-state index is 0.217. The molecule has 19 heavy (non-hydrogen) atoms. The Morgan fingerprint density at radius 1 is 1.37 bits per heavy atom. The number of carboxylic acid groups (broad SMARTS) is 1. The van der Waals surface area contributed by atoms with E-state index in [0.717, 1.165) is 35.7 Å². The Labute approximate surface area is 111 Å². The van der Waals surface area contributed by atoms with Gasteiger partial charge in [-0.1, -0.05) is 18.2 Å². The molecular formula is C15H17NO3. The molecule has 1 fully saturated rings. The SMILES string of the molecule is O=C(O)C(c1c[nH]c2ccccc12)C1CCCCO1. The number of benzene rings is 1. The fourth-order valence-corrected chi connectivity index (χ4v) is 2.87. The third-order valence-corrected chi connectivity index (χ3v) is 3.81. The first-order valence-electron chi connectivity index (χ1n) is 6.68. The lowest BCUT2D eigenvalue weighted by Crippen LogP contribution is -2.31.